The molecular formula is C7H13BrO2. The zero-order valence-corrected chi connectivity index (χ0v) is 7.76. The minimum absolute atomic E-state index is 0.278. The highest BCUT2D eigenvalue weighted by Gasteiger charge is 2.25. The lowest BCUT2D eigenvalue weighted by molar-refractivity contribution is 0.0453. The zero-order valence-electron chi connectivity index (χ0n) is 6.18. The SMILES string of the molecule is CCCOC1COCC1Br. The van der Waals surface area contributed by atoms with Gasteiger partial charge in [-0.15, -0.1) is 0 Å². The van der Waals surface area contributed by atoms with Crippen LogP contribution in [0.4, 0.5) is 0 Å². The molecule has 60 valence electrons. The highest BCUT2D eigenvalue weighted by Crippen LogP contribution is 2.17. The third-order valence-electron chi connectivity index (χ3n) is 1.50. The van der Waals surface area contributed by atoms with Gasteiger partial charge < -0.3 is 9.47 Å². The number of hydrogen-bond acceptors (Lipinski definition) is 2. The highest BCUT2D eigenvalue weighted by atomic mass is 79.9. The molecular weight excluding hydrogens is 196 g/mol. The van der Waals surface area contributed by atoms with Gasteiger partial charge in [-0.2, -0.15) is 0 Å². The molecule has 1 heterocycles. The van der Waals surface area contributed by atoms with E-state index < -0.39 is 0 Å². The highest BCUT2D eigenvalue weighted by molar-refractivity contribution is 9.09. The van der Waals surface area contributed by atoms with Crippen LogP contribution in [0.3, 0.4) is 0 Å². The molecule has 3 heteroatoms. The molecule has 2 atom stereocenters. The standard InChI is InChI=1S/C7H13BrO2/c1-2-3-10-7-5-9-4-6(7)8/h6-7H,2-5H2,1H3. The summed E-state index contributed by atoms with van der Waals surface area (Å²) in [6, 6.07) is 0. The van der Waals surface area contributed by atoms with Crippen molar-refractivity contribution in [2.24, 2.45) is 0 Å². The molecule has 0 spiro atoms. The van der Waals surface area contributed by atoms with E-state index in [0.29, 0.717) is 4.83 Å². The molecule has 1 aliphatic heterocycles. The molecule has 0 aliphatic carbocycles. The summed E-state index contributed by atoms with van der Waals surface area (Å²) in [6.07, 6.45) is 1.36. The molecule has 2 unspecified atom stereocenters. The monoisotopic (exact) mass is 208 g/mol. The van der Waals surface area contributed by atoms with Crippen LogP contribution in [0, 0.1) is 0 Å². The normalized spacial score (nSPS) is 33.0. The molecule has 0 saturated carbocycles. The van der Waals surface area contributed by atoms with Crippen LogP contribution >= 0.6 is 15.9 Å². The van der Waals surface area contributed by atoms with Crippen molar-refractivity contribution in [1.82, 2.24) is 0 Å². The summed E-state index contributed by atoms with van der Waals surface area (Å²) in [5, 5.41) is 0. The molecule has 2 nitrogen and oxygen atoms in total. The van der Waals surface area contributed by atoms with Gasteiger partial charge in [0.25, 0.3) is 0 Å². The van der Waals surface area contributed by atoms with Crippen LogP contribution in [0.15, 0.2) is 0 Å². The molecule has 1 fully saturated rings. The largest absolute Gasteiger partial charge is 0.377 e. The molecule has 0 aromatic carbocycles. The maximum absolute atomic E-state index is 5.49. The smallest absolute Gasteiger partial charge is 0.0955 e. The van der Waals surface area contributed by atoms with Crippen LogP contribution in [0.5, 0.6) is 0 Å². The van der Waals surface area contributed by atoms with Crippen LogP contribution < -0.4 is 0 Å². The fourth-order valence-corrected chi connectivity index (χ4v) is 1.42. The Bertz CT molecular complexity index is 97.6. The second-order valence-corrected chi connectivity index (χ2v) is 3.64. The Balaban J connectivity index is 2.14. The fraction of sp³-hybridized carbons (Fsp3) is 1.00. The molecule has 0 amide bonds. The fourth-order valence-electron chi connectivity index (χ4n) is 0.930. The van der Waals surface area contributed by atoms with Gasteiger partial charge in [0.15, 0.2) is 0 Å². The third kappa shape index (κ3) is 2.22. The molecule has 0 aromatic rings. The van der Waals surface area contributed by atoms with Crippen LogP contribution in [-0.4, -0.2) is 30.8 Å². The summed E-state index contributed by atoms with van der Waals surface area (Å²) in [5.74, 6) is 0. The Morgan fingerprint density at radius 1 is 1.60 bits per heavy atom. The topological polar surface area (TPSA) is 18.5 Å². The van der Waals surface area contributed by atoms with Gasteiger partial charge in [0, 0.05) is 6.61 Å². The van der Waals surface area contributed by atoms with E-state index in [4.69, 9.17) is 9.47 Å². The van der Waals surface area contributed by atoms with E-state index >= 15 is 0 Å². The maximum Gasteiger partial charge on any atom is 0.0955 e. The Labute approximate surface area is 70.0 Å². The van der Waals surface area contributed by atoms with Crippen molar-refractivity contribution < 1.29 is 9.47 Å². The van der Waals surface area contributed by atoms with Crippen molar-refractivity contribution in [3.8, 4) is 0 Å². The molecule has 1 rings (SSSR count). The van der Waals surface area contributed by atoms with Crippen molar-refractivity contribution >= 4 is 15.9 Å². The molecule has 10 heavy (non-hydrogen) atoms. The lowest BCUT2D eigenvalue weighted by Crippen LogP contribution is -2.22. The maximum atomic E-state index is 5.49. The van der Waals surface area contributed by atoms with Crippen molar-refractivity contribution in [3.63, 3.8) is 0 Å². The van der Waals surface area contributed by atoms with E-state index in [9.17, 15) is 0 Å². The second-order valence-electron chi connectivity index (χ2n) is 2.46. The minimum Gasteiger partial charge on any atom is -0.377 e. The average Bonchev–Trinajstić information content (AvgIpc) is 2.31. The van der Waals surface area contributed by atoms with Crippen molar-refractivity contribution in [2.75, 3.05) is 19.8 Å². The van der Waals surface area contributed by atoms with Gasteiger partial charge >= 0.3 is 0 Å². The molecule has 1 aliphatic rings. The van der Waals surface area contributed by atoms with Crippen LogP contribution in [0.2, 0.25) is 0 Å². The molecule has 0 aromatic heterocycles. The molecule has 0 N–H and O–H groups in total. The van der Waals surface area contributed by atoms with Gasteiger partial charge in [-0.3, -0.25) is 0 Å². The number of ether oxygens (including phenoxy) is 2. The van der Waals surface area contributed by atoms with Crippen LogP contribution in [0.1, 0.15) is 13.3 Å². The van der Waals surface area contributed by atoms with Gasteiger partial charge in [-0.1, -0.05) is 22.9 Å². The van der Waals surface area contributed by atoms with Gasteiger partial charge in [0.1, 0.15) is 0 Å². The first-order valence-electron chi connectivity index (χ1n) is 3.68. The number of alkyl halides is 1. The first-order chi connectivity index (χ1) is 4.84. The van der Waals surface area contributed by atoms with Crippen molar-refractivity contribution in [1.29, 1.82) is 0 Å². The first kappa shape index (κ1) is 8.50. The van der Waals surface area contributed by atoms with E-state index in [1.807, 2.05) is 0 Å². The minimum atomic E-state index is 0.278. The number of halogens is 1. The predicted octanol–water partition coefficient (Wildman–Crippen LogP) is 1.58. The first-order valence-corrected chi connectivity index (χ1v) is 4.59. The lowest BCUT2D eigenvalue weighted by atomic mass is 10.3. The van der Waals surface area contributed by atoms with Gasteiger partial charge in [-0.05, 0) is 6.42 Å². The molecule has 0 radical (unpaired) electrons. The second kappa shape index (κ2) is 4.31. The van der Waals surface area contributed by atoms with E-state index in [1.165, 1.54) is 0 Å². The molecule has 1 saturated heterocycles. The van der Waals surface area contributed by atoms with Crippen molar-refractivity contribution in [3.05, 3.63) is 0 Å². The summed E-state index contributed by atoms with van der Waals surface area (Å²) in [7, 11) is 0. The van der Waals surface area contributed by atoms with Gasteiger partial charge in [-0.25, -0.2) is 0 Å². The average molecular weight is 209 g/mol. The Morgan fingerprint density at radius 2 is 2.40 bits per heavy atom. The van der Waals surface area contributed by atoms with E-state index in [2.05, 4.69) is 22.9 Å². The number of hydrogen-bond donors (Lipinski definition) is 0. The van der Waals surface area contributed by atoms with Gasteiger partial charge in [0.2, 0.25) is 0 Å². The molecule has 0 bridgehead atoms. The summed E-state index contributed by atoms with van der Waals surface area (Å²) in [6.45, 7) is 4.49. The van der Waals surface area contributed by atoms with Gasteiger partial charge in [0.05, 0.1) is 24.1 Å². The van der Waals surface area contributed by atoms with E-state index in [1.54, 1.807) is 0 Å². The Morgan fingerprint density at radius 3 is 2.90 bits per heavy atom. The van der Waals surface area contributed by atoms with Crippen LogP contribution in [0.25, 0.3) is 0 Å². The summed E-state index contributed by atoms with van der Waals surface area (Å²) < 4.78 is 10.7. The summed E-state index contributed by atoms with van der Waals surface area (Å²) >= 11 is 3.48. The van der Waals surface area contributed by atoms with E-state index in [0.717, 1.165) is 26.2 Å². The van der Waals surface area contributed by atoms with E-state index in [-0.39, 0.29) is 6.10 Å². The Kier molecular flexibility index (Phi) is 3.66. The quantitative estimate of drug-likeness (QED) is 0.657. The Hall–Kier alpha value is 0.400. The third-order valence-corrected chi connectivity index (χ3v) is 2.35. The summed E-state index contributed by atoms with van der Waals surface area (Å²) in [5.41, 5.74) is 0. The van der Waals surface area contributed by atoms with Crippen molar-refractivity contribution in [2.45, 2.75) is 24.3 Å². The predicted molar refractivity (Wildman–Crippen MR) is 43.6 cm³/mol. The zero-order chi connectivity index (χ0) is 7.40. The summed E-state index contributed by atoms with van der Waals surface area (Å²) in [4.78, 5) is 0.402. The van der Waals surface area contributed by atoms with Crippen LogP contribution in [-0.2, 0) is 9.47 Å². The number of rotatable bonds is 3. The lowest BCUT2D eigenvalue weighted by Gasteiger charge is -2.11.